The zero-order chi connectivity index (χ0) is 34.0. The molecule has 7 rings (SSSR count). The fourth-order valence-corrected chi connectivity index (χ4v) is 7.56. The summed E-state index contributed by atoms with van der Waals surface area (Å²) in [4.78, 5) is 17.6. The lowest BCUT2D eigenvalue weighted by Crippen LogP contribution is -2.55. The zero-order valence-corrected chi connectivity index (χ0v) is 27.2. The van der Waals surface area contributed by atoms with Crippen molar-refractivity contribution in [3.8, 4) is 22.9 Å². The number of benzene rings is 3. The molecular weight excluding hydrogens is 631 g/mol. The molecule has 12 heteroatoms. The van der Waals surface area contributed by atoms with Crippen LogP contribution < -0.4 is 20.7 Å². The molecule has 3 aliphatic heterocycles. The van der Waals surface area contributed by atoms with Gasteiger partial charge in [-0.25, -0.2) is 0 Å². The van der Waals surface area contributed by atoms with E-state index in [1.54, 1.807) is 12.1 Å². The van der Waals surface area contributed by atoms with Crippen molar-refractivity contribution in [1.29, 1.82) is 5.26 Å². The van der Waals surface area contributed by atoms with Gasteiger partial charge in [-0.3, -0.25) is 14.6 Å². The third-order valence-corrected chi connectivity index (χ3v) is 9.94. The molecule has 9 nitrogen and oxygen atoms in total. The Kier molecular flexibility index (Phi) is 9.60. The maximum Gasteiger partial charge on any atom is 0.573 e. The van der Waals surface area contributed by atoms with Crippen molar-refractivity contribution in [2.75, 3.05) is 39.3 Å². The number of rotatable bonds is 11. The number of carbonyl (C=O) groups excluding carboxylic acids is 1. The summed E-state index contributed by atoms with van der Waals surface area (Å²) in [5, 5.41) is 20.0. The molecule has 3 aliphatic rings. The lowest BCUT2D eigenvalue weighted by Gasteiger charge is -2.34. The molecule has 4 heterocycles. The van der Waals surface area contributed by atoms with E-state index in [0.717, 1.165) is 85.3 Å². The molecule has 1 aromatic heterocycles. The quantitative estimate of drug-likeness (QED) is 0.201. The van der Waals surface area contributed by atoms with Crippen molar-refractivity contribution in [2.45, 2.75) is 57.0 Å². The summed E-state index contributed by atoms with van der Waals surface area (Å²) in [5.41, 5.74) is 5.75. The summed E-state index contributed by atoms with van der Waals surface area (Å²) in [5.74, 6) is -0.268. The van der Waals surface area contributed by atoms with Crippen LogP contribution in [0.3, 0.4) is 0 Å². The molecule has 3 atom stereocenters. The number of nitriles is 1. The molecule has 0 aliphatic carbocycles. The summed E-state index contributed by atoms with van der Waals surface area (Å²) in [6.07, 6.45) is -0.869. The highest BCUT2D eigenvalue weighted by Gasteiger charge is 2.43. The number of hydrogen-bond acceptors (Lipinski definition) is 7. The number of hydrogen-bond donors (Lipinski definition) is 3. The Labute approximate surface area is 283 Å². The average molecular weight is 672 g/mol. The van der Waals surface area contributed by atoms with Gasteiger partial charge in [-0.2, -0.15) is 5.26 Å². The molecule has 49 heavy (non-hydrogen) atoms. The summed E-state index contributed by atoms with van der Waals surface area (Å²) in [7, 11) is 0. The van der Waals surface area contributed by atoms with Crippen LogP contribution in [0.2, 0.25) is 0 Å². The lowest BCUT2D eigenvalue weighted by molar-refractivity contribution is -0.274. The Morgan fingerprint density at radius 3 is 2.49 bits per heavy atom. The van der Waals surface area contributed by atoms with Crippen LogP contribution in [0.1, 0.15) is 29.5 Å². The number of halogens is 3. The second kappa shape index (κ2) is 14.2. The van der Waals surface area contributed by atoms with Crippen LogP contribution in [0, 0.1) is 11.3 Å². The first-order valence-electron chi connectivity index (χ1n) is 16.9. The second-order valence-electron chi connectivity index (χ2n) is 13.2. The Balaban J connectivity index is 1.06. The topological polar surface area (TPSA) is 97.6 Å². The van der Waals surface area contributed by atoms with E-state index in [0.29, 0.717) is 31.7 Å². The smallest absolute Gasteiger partial charge is 0.406 e. The van der Waals surface area contributed by atoms with Gasteiger partial charge in [0.05, 0.1) is 17.7 Å². The van der Waals surface area contributed by atoms with E-state index in [-0.39, 0.29) is 17.7 Å². The lowest BCUT2D eigenvalue weighted by atomic mass is 10.0. The van der Waals surface area contributed by atoms with Crippen LogP contribution in [-0.4, -0.2) is 84.0 Å². The van der Waals surface area contributed by atoms with Crippen LogP contribution in [-0.2, 0) is 24.4 Å². The van der Waals surface area contributed by atoms with Gasteiger partial charge in [-0.05, 0) is 59.9 Å². The Morgan fingerprint density at radius 2 is 1.78 bits per heavy atom. The van der Waals surface area contributed by atoms with Crippen LogP contribution >= 0.6 is 0 Å². The number of aryl methyl sites for hydroxylation is 1. The fraction of sp³-hybridized carbons (Fsp3) is 0.405. The van der Waals surface area contributed by atoms with Gasteiger partial charge in [-0.15, -0.1) is 13.2 Å². The van der Waals surface area contributed by atoms with Gasteiger partial charge in [-0.1, -0.05) is 36.4 Å². The molecular formula is C37H40F3N7O2. The van der Waals surface area contributed by atoms with E-state index >= 15 is 0 Å². The molecule has 0 radical (unpaired) electrons. The van der Waals surface area contributed by atoms with Crippen molar-refractivity contribution in [2.24, 2.45) is 0 Å². The standard InChI is InChI=1S/C37H40F3N7O2/c38-37(39,40)49-31-9-7-26(8-10-31)33-24-45(15-3-12-44-36(48)34-19-42-13-14-43-34)35-11-6-25(16-32(33)35)20-46-22-30-17-29(46)23-47(30)21-28-5-2-1-4-27(28)18-41/h1-2,4-11,16,24,29-30,34,42-43H,3,12-15,17,19-23H2,(H,44,48). The van der Waals surface area contributed by atoms with Crippen molar-refractivity contribution in [1.82, 2.24) is 30.3 Å². The van der Waals surface area contributed by atoms with Gasteiger partial charge in [0.1, 0.15) is 5.75 Å². The third kappa shape index (κ3) is 7.60. The maximum atomic E-state index is 12.8. The first-order chi connectivity index (χ1) is 23.7. The van der Waals surface area contributed by atoms with Crippen LogP contribution in [0.25, 0.3) is 22.0 Å². The highest BCUT2D eigenvalue weighted by molar-refractivity contribution is 5.96. The number of aromatic nitrogens is 1. The Hall–Kier alpha value is -4.41. The minimum atomic E-state index is -4.75. The van der Waals surface area contributed by atoms with E-state index < -0.39 is 6.36 Å². The minimum absolute atomic E-state index is 0.0122. The molecule has 3 saturated heterocycles. The molecule has 3 unspecified atom stereocenters. The molecule has 4 aromatic rings. The van der Waals surface area contributed by atoms with E-state index in [4.69, 9.17) is 0 Å². The second-order valence-corrected chi connectivity index (χ2v) is 13.2. The highest BCUT2D eigenvalue weighted by Crippen LogP contribution is 2.36. The van der Waals surface area contributed by atoms with Crippen LogP contribution in [0.5, 0.6) is 5.75 Å². The summed E-state index contributed by atoms with van der Waals surface area (Å²) < 4.78 is 44.7. The summed E-state index contributed by atoms with van der Waals surface area (Å²) in [6, 6.07) is 23.3. The van der Waals surface area contributed by atoms with E-state index in [1.165, 1.54) is 17.7 Å². The van der Waals surface area contributed by atoms with Crippen LogP contribution in [0.15, 0.2) is 72.9 Å². The Morgan fingerprint density at radius 1 is 1.00 bits per heavy atom. The van der Waals surface area contributed by atoms with E-state index in [2.05, 4.69) is 65.5 Å². The fourth-order valence-electron chi connectivity index (χ4n) is 7.56. The number of ether oxygens (including phenoxy) is 1. The van der Waals surface area contributed by atoms with Crippen molar-refractivity contribution in [3.63, 3.8) is 0 Å². The van der Waals surface area contributed by atoms with Crippen LogP contribution in [0.4, 0.5) is 13.2 Å². The average Bonchev–Trinajstić information content (AvgIpc) is 3.79. The molecule has 3 fully saturated rings. The Bertz CT molecular complexity index is 1830. The van der Waals surface area contributed by atoms with Gasteiger partial charge in [0.15, 0.2) is 0 Å². The minimum Gasteiger partial charge on any atom is -0.406 e. The number of nitrogens with zero attached hydrogens (tertiary/aromatic N) is 4. The largest absolute Gasteiger partial charge is 0.573 e. The van der Waals surface area contributed by atoms with Crippen molar-refractivity contribution >= 4 is 16.8 Å². The molecule has 3 aromatic carbocycles. The van der Waals surface area contributed by atoms with Crippen molar-refractivity contribution in [3.05, 3.63) is 89.6 Å². The molecule has 2 bridgehead atoms. The molecule has 0 spiro atoms. The first-order valence-corrected chi connectivity index (χ1v) is 16.9. The summed E-state index contributed by atoms with van der Waals surface area (Å²) in [6.45, 7) is 6.94. The molecule has 0 saturated carbocycles. The molecule has 3 N–H and O–H groups in total. The highest BCUT2D eigenvalue weighted by atomic mass is 19.4. The monoisotopic (exact) mass is 671 g/mol. The molecule has 1 amide bonds. The predicted octanol–water partition coefficient (Wildman–Crippen LogP) is 4.60. The van der Waals surface area contributed by atoms with Gasteiger partial charge in [0.25, 0.3) is 0 Å². The third-order valence-electron chi connectivity index (χ3n) is 9.94. The van der Waals surface area contributed by atoms with Crippen molar-refractivity contribution < 1.29 is 22.7 Å². The van der Waals surface area contributed by atoms with E-state index in [9.17, 15) is 23.2 Å². The van der Waals surface area contributed by atoms with Gasteiger partial charge >= 0.3 is 6.36 Å². The normalized spacial score (nSPS) is 21.2. The number of amides is 1. The summed E-state index contributed by atoms with van der Waals surface area (Å²) >= 11 is 0. The van der Waals surface area contributed by atoms with Gasteiger partial charge in [0.2, 0.25) is 5.91 Å². The maximum absolute atomic E-state index is 12.8. The first kappa shape index (κ1) is 33.1. The number of likely N-dealkylation sites (tertiary alicyclic amines) is 2. The number of piperazine rings is 2. The SMILES string of the molecule is N#Cc1ccccc1CN1CC2CC1CN2Cc1ccc2c(c1)c(-c1ccc(OC(F)(F)F)cc1)cn2CCCNC(=O)C1CNCCN1. The van der Waals surface area contributed by atoms with Gasteiger partial charge in [0, 0.05) is 93.6 Å². The number of fused-ring (bicyclic) bond motifs is 3. The predicted molar refractivity (Wildman–Crippen MR) is 181 cm³/mol. The zero-order valence-electron chi connectivity index (χ0n) is 27.2. The number of nitrogens with one attached hydrogen (secondary N) is 3. The molecule has 256 valence electrons. The van der Waals surface area contributed by atoms with Gasteiger partial charge < -0.3 is 25.3 Å². The number of carbonyl (C=O) groups is 1. The van der Waals surface area contributed by atoms with E-state index in [1.807, 2.05) is 24.3 Å². The number of alkyl halides is 3.